The van der Waals surface area contributed by atoms with Gasteiger partial charge in [0, 0.05) is 9.75 Å². The van der Waals surface area contributed by atoms with Crippen molar-refractivity contribution in [1.29, 1.82) is 0 Å². The van der Waals surface area contributed by atoms with Crippen molar-refractivity contribution in [2.24, 2.45) is 0 Å². The standard InChI is InChI=1S/C23H22O4S2/c24-22(25)16-23(13-3-4-14-29(23,26)27)21-12-11-20(28-21)10-8-17-7-9-18-5-1-2-6-19(18)15-17/h1-2,5-12,15H,3-4,13-14,16H2,(H,24,25)/b10-8+/t23-/m0/s1. The van der Waals surface area contributed by atoms with E-state index in [9.17, 15) is 18.3 Å². The first kappa shape index (κ1) is 19.9. The Balaban J connectivity index is 1.65. The van der Waals surface area contributed by atoms with Gasteiger partial charge >= 0.3 is 5.97 Å². The van der Waals surface area contributed by atoms with Gasteiger partial charge in [0.2, 0.25) is 0 Å². The first-order valence-corrected chi connectivity index (χ1v) is 12.1. The van der Waals surface area contributed by atoms with Gasteiger partial charge in [0.1, 0.15) is 4.75 Å². The third kappa shape index (κ3) is 3.87. The molecule has 150 valence electrons. The van der Waals surface area contributed by atoms with Crippen LogP contribution in [-0.4, -0.2) is 25.2 Å². The third-order valence-electron chi connectivity index (χ3n) is 5.57. The minimum atomic E-state index is -3.51. The normalized spacial score (nSPS) is 21.5. The summed E-state index contributed by atoms with van der Waals surface area (Å²) < 4.78 is 24.5. The van der Waals surface area contributed by atoms with E-state index in [0.29, 0.717) is 17.7 Å². The summed E-state index contributed by atoms with van der Waals surface area (Å²) in [5, 5.41) is 11.7. The Kier molecular flexibility index (Phi) is 5.32. The first-order chi connectivity index (χ1) is 13.9. The van der Waals surface area contributed by atoms with Crippen molar-refractivity contribution in [1.82, 2.24) is 0 Å². The lowest BCUT2D eigenvalue weighted by atomic mass is 9.95. The van der Waals surface area contributed by atoms with Crippen LogP contribution in [0, 0.1) is 0 Å². The Morgan fingerprint density at radius 2 is 1.83 bits per heavy atom. The van der Waals surface area contributed by atoms with Crippen molar-refractivity contribution >= 4 is 50.1 Å². The van der Waals surface area contributed by atoms with E-state index < -0.39 is 20.6 Å². The number of carbonyl (C=O) groups is 1. The summed E-state index contributed by atoms with van der Waals surface area (Å²) >= 11 is 1.38. The van der Waals surface area contributed by atoms with Crippen molar-refractivity contribution in [3.05, 3.63) is 69.9 Å². The molecule has 0 radical (unpaired) electrons. The van der Waals surface area contributed by atoms with Crippen LogP contribution in [0.25, 0.3) is 22.9 Å². The van der Waals surface area contributed by atoms with Crippen molar-refractivity contribution < 1.29 is 18.3 Å². The molecular formula is C23H22O4S2. The smallest absolute Gasteiger partial charge is 0.305 e. The molecule has 0 spiro atoms. The number of aliphatic carboxylic acids is 1. The lowest BCUT2D eigenvalue weighted by Gasteiger charge is -2.34. The molecule has 2 aromatic carbocycles. The Labute approximate surface area is 174 Å². The van der Waals surface area contributed by atoms with Crippen LogP contribution in [0.5, 0.6) is 0 Å². The van der Waals surface area contributed by atoms with Crippen molar-refractivity contribution in [3.8, 4) is 0 Å². The zero-order valence-corrected chi connectivity index (χ0v) is 17.5. The fraction of sp³-hybridized carbons (Fsp3) is 0.261. The van der Waals surface area contributed by atoms with Gasteiger partial charge < -0.3 is 5.11 Å². The Morgan fingerprint density at radius 1 is 1.03 bits per heavy atom. The van der Waals surface area contributed by atoms with E-state index in [2.05, 4.69) is 24.3 Å². The summed E-state index contributed by atoms with van der Waals surface area (Å²) in [5.74, 6) is -1.02. The van der Waals surface area contributed by atoms with Gasteiger partial charge in [-0.05, 0) is 53.5 Å². The maximum Gasteiger partial charge on any atom is 0.305 e. The third-order valence-corrected chi connectivity index (χ3v) is 9.53. The highest BCUT2D eigenvalue weighted by molar-refractivity contribution is 7.92. The molecule has 6 heteroatoms. The second kappa shape index (κ2) is 7.76. The van der Waals surface area contributed by atoms with Gasteiger partial charge in [-0.25, -0.2) is 8.42 Å². The number of thiophene rings is 1. The summed E-state index contributed by atoms with van der Waals surface area (Å²) in [6, 6.07) is 18.1. The van der Waals surface area contributed by atoms with Gasteiger partial charge in [-0.15, -0.1) is 11.3 Å². The number of hydrogen-bond acceptors (Lipinski definition) is 4. The van der Waals surface area contributed by atoms with Gasteiger partial charge in [-0.1, -0.05) is 48.9 Å². The van der Waals surface area contributed by atoms with Crippen LogP contribution in [0.4, 0.5) is 0 Å². The molecule has 1 aromatic heterocycles. The van der Waals surface area contributed by atoms with Gasteiger partial charge in [0.25, 0.3) is 0 Å². The van der Waals surface area contributed by atoms with Gasteiger partial charge in [-0.3, -0.25) is 4.79 Å². The molecule has 1 fully saturated rings. The lowest BCUT2D eigenvalue weighted by molar-refractivity contribution is -0.137. The molecule has 0 bridgehead atoms. The molecule has 1 saturated heterocycles. The predicted octanol–water partition coefficient (Wildman–Crippen LogP) is 5.34. The van der Waals surface area contributed by atoms with E-state index in [1.165, 1.54) is 16.7 Å². The second-order valence-corrected chi connectivity index (χ2v) is 11.0. The largest absolute Gasteiger partial charge is 0.481 e. The van der Waals surface area contributed by atoms with Crippen LogP contribution in [0.1, 0.15) is 41.0 Å². The van der Waals surface area contributed by atoms with Crippen LogP contribution in [0.3, 0.4) is 0 Å². The molecule has 3 aromatic rings. The molecule has 0 aliphatic carbocycles. The maximum absolute atomic E-state index is 12.9. The van der Waals surface area contributed by atoms with E-state index >= 15 is 0 Å². The molecule has 0 saturated carbocycles. The summed E-state index contributed by atoms with van der Waals surface area (Å²) in [5.41, 5.74) is 1.06. The molecular weight excluding hydrogens is 404 g/mol. The minimum Gasteiger partial charge on any atom is -0.481 e. The summed E-state index contributed by atoms with van der Waals surface area (Å²) in [4.78, 5) is 13.0. The number of fused-ring (bicyclic) bond motifs is 1. The van der Waals surface area contributed by atoms with Crippen LogP contribution < -0.4 is 0 Å². The van der Waals surface area contributed by atoms with Crippen molar-refractivity contribution in [3.63, 3.8) is 0 Å². The van der Waals surface area contributed by atoms with Crippen molar-refractivity contribution in [2.45, 2.75) is 30.4 Å². The van der Waals surface area contributed by atoms with E-state index in [4.69, 9.17) is 0 Å². The molecule has 2 heterocycles. The Hall–Kier alpha value is -2.44. The highest BCUT2D eigenvalue weighted by Crippen LogP contribution is 2.46. The summed E-state index contributed by atoms with van der Waals surface area (Å²) in [6.07, 6.45) is 5.29. The molecule has 1 aliphatic rings. The molecule has 1 N–H and O–H groups in total. The molecule has 0 amide bonds. The molecule has 1 atom stereocenters. The second-order valence-electron chi connectivity index (χ2n) is 7.48. The van der Waals surface area contributed by atoms with E-state index in [-0.39, 0.29) is 12.2 Å². The number of carboxylic acid groups (broad SMARTS) is 1. The average molecular weight is 427 g/mol. The van der Waals surface area contributed by atoms with Crippen LogP contribution in [-0.2, 0) is 19.4 Å². The zero-order chi connectivity index (χ0) is 20.5. The number of rotatable bonds is 5. The predicted molar refractivity (Wildman–Crippen MR) is 119 cm³/mol. The molecule has 0 unspecified atom stereocenters. The van der Waals surface area contributed by atoms with Gasteiger partial charge in [0.15, 0.2) is 9.84 Å². The van der Waals surface area contributed by atoms with E-state index in [1.807, 2.05) is 36.4 Å². The molecule has 4 rings (SSSR count). The van der Waals surface area contributed by atoms with Crippen LogP contribution in [0.2, 0.25) is 0 Å². The van der Waals surface area contributed by atoms with Crippen LogP contribution >= 0.6 is 11.3 Å². The first-order valence-electron chi connectivity index (χ1n) is 9.61. The fourth-order valence-electron chi connectivity index (χ4n) is 4.04. The Bertz CT molecular complexity index is 1190. The minimum absolute atomic E-state index is 0.0560. The average Bonchev–Trinajstić information content (AvgIpc) is 3.17. The van der Waals surface area contributed by atoms with E-state index in [1.54, 1.807) is 6.07 Å². The highest BCUT2D eigenvalue weighted by Gasteiger charge is 2.49. The summed E-state index contributed by atoms with van der Waals surface area (Å²) in [7, 11) is -3.51. The van der Waals surface area contributed by atoms with Gasteiger partial charge in [-0.2, -0.15) is 0 Å². The Morgan fingerprint density at radius 3 is 2.59 bits per heavy atom. The molecule has 29 heavy (non-hydrogen) atoms. The topological polar surface area (TPSA) is 71.4 Å². The molecule has 4 nitrogen and oxygen atoms in total. The zero-order valence-electron chi connectivity index (χ0n) is 15.9. The monoisotopic (exact) mass is 426 g/mol. The quantitative estimate of drug-likeness (QED) is 0.598. The highest BCUT2D eigenvalue weighted by atomic mass is 32.2. The fourth-order valence-corrected chi connectivity index (χ4v) is 7.71. The van der Waals surface area contributed by atoms with E-state index in [0.717, 1.165) is 22.2 Å². The number of carboxylic acids is 1. The SMILES string of the molecule is O=C(O)C[C@]1(c2ccc(/C=C/c3ccc4ccccc4c3)s2)CCCCS1(=O)=O. The van der Waals surface area contributed by atoms with Crippen molar-refractivity contribution in [2.75, 3.05) is 5.75 Å². The van der Waals surface area contributed by atoms with Crippen LogP contribution in [0.15, 0.2) is 54.6 Å². The number of hydrogen-bond donors (Lipinski definition) is 1. The molecule has 1 aliphatic heterocycles. The summed E-state index contributed by atoms with van der Waals surface area (Å²) in [6.45, 7) is 0. The number of benzene rings is 2. The maximum atomic E-state index is 12.9. The lowest BCUT2D eigenvalue weighted by Crippen LogP contribution is -2.41. The number of sulfone groups is 1. The van der Waals surface area contributed by atoms with Gasteiger partial charge in [0.05, 0.1) is 12.2 Å².